The van der Waals surface area contributed by atoms with Gasteiger partial charge in [0.05, 0.1) is 6.26 Å². The van der Waals surface area contributed by atoms with Crippen molar-refractivity contribution in [2.45, 2.75) is 25.8 Å². The van der Waals surface area contributed by atoms with E-state index in [9.17, 15) is 13.2 Å². The second-order valence-electron chi connectivity index (χ2n) is 5.47. The molecule has 8 heteroatoms. The number of hydrogen-bond acceptors (Lipinski definition) is 3. The molecule has 6 nitrogen and oxygen atoms in total. The van der Waals surface area contributed by atoms with E-state index in [1.165, 1.54) is 10.6 Å². The average Bonchev–Trinajstić information content (AvgIpc) is 2.43. The summed E-state index contributed by atoms with van der Waals surface area (Å²) in [6.45, 7) is 2.64. The van der Waals surface area contributed by atoms with Gasteiger partial charge in [-0.2, -0.15) is 0 Å². The van der Waals surface area contributed by atoms with E-state index < -0.39 is 10.0 Å². The molecule has 1 aromatic rings. The van der Waals surface area contributed by atoms with E-state index in [0.29, 0.717) is 23.8 Å². The summed E-state index contributed by atoms with van der Waals surface area (Å²) in [5.41, 5.74) is 1.43. The highest BCUT2D eigenvalue weighted by molar-refractivity contribution is 7.88. The summed E-state index contributed by atoms with van der Waals surface area (Å²) in [7, 11) is -3.22. The van der Waals surface area contributed by atoms with Crippen LogP contribution in [0.25, 0.3) is 0 Å². The molecule has 2 amide bonds. The van der Waals surface area contributed by atoms with Crippen molar-refractivity contribution in [2.24, 2.45) is 0 Å². The second kappa shape index (κ2) is 6.85. The van der Waals surface area contributed by atoms with E-state index >= 15 is 0 Å². The van der Waals surface area contributed by atoms with Crippen LogP contribution in [0.15, 0.2) is 18.2 Å². The lowest BCUT2D eigenvalue weighted by molar-refractivity contribution is 0.236. The van der Waals surface area contributed by atoms with Gasteiger partial charge in [0.15, 0.2) is 0 Å². The summed E-state index contributed by atoms with van der Waals surface area (Å²) in [4.78, 5) is 12.1. The Balaban J connectivity index is 1.96. The van der Waals surface area contributed by atoms with Crippen molar-refractivity contribution in [1.82, 2.24) is 9.62 Å². The van der Waals surface area contributed by atoms with Gasteiger partial charge in [-0.1, -0.05) is 17.7 Å². The van der Waals surface area contributed by atoms with Gasteiger partial charge >= 0.3 is 6.03 Å². The Morgan fingerprint density at radius 2 is 2.14 bits per heavy atom. The molecule has 2 rings (SSSR count). The van der Waals surface area contributed by atoms with Crippen molar-refractivity contribution < 1.29 is 13.2 Å². The lowest BCUT2D eigenvalue weighted by Gasteiger charge is -2.31. The van der Waals surface area contributed by atoms with Crippen LogP contribution in [0.2, 0.25) is 5.02 Å². The normalized spacial score (nSPS) is 19.7. The van der Waals surface area contributed by atoms with Gasteiger partial charge in [-0.15, -0.1) is 0 Å². The van der Waals surface area contributed by atoms with Crippen molar-refractivity contribution >= 4 is 33.3 Å². The van der Waals surface area contributed by atoms with E-state index in [-0.39, 0.29) is 12.1 Å². The molecule has 0 radical (unpaired) electrons. The zero-order valence-electron chi connectivity index (χ0n) is 12.6. The van der Waals surface area contributed by atoms with E-state index in [2.05, 4.69) is 10.6 Å². The maximum Gasteiger partial charge on any atom is 0.319 e. The van der Waals surface area contributed by atoms with Gasteiger partial charge in [-0.05, 0) is 37.5 Å². The Morgan fingerprint density at radius 1 is 1.41 bits per heavy atom. The lowest BCUT2D eigenvalue weighted by Crippen LogP contribution is -2.50. The third kappa shape index (κ3) is 4.34. The molecule has 0 bridgehead atoms. The number of hydrogen-bond donors (Lipinski definition) is 2. The molecule has 0 spiro atoms. The van der Waals surface area contributed by atoms with Crippen molar-refractivity contribution in [2.75, 3.05) is 24.7 Å². The number of carbonyl (C=O) groups is 1. The maximum atomic E-state index is 12.1. The van der Waals surface area contributed by atoms with Crippen LogP contribution < -0.4 is 10.6 Å². The third-order valence-corrected chi connectivity index (χ3v) is 5.38. The van der Waals surface area contributed by atoms with E-state index in [1.807, 2.05) is 6.92 Å². The topological polar surface area (TPSA) is 78.5 Å². The second-order valence-corrected chi connectivity index (χ2v) is 7.86. The number of sulfonamides is 1. The standard InChI is InChI=1S/C14H20ClN3O3S/c1-10-12(15)6-3-7-13(10)17-14(19)16-11-5-4-8-18(9-11)22(2,20)21/h3,6-7,11H,4-5,8-9H2,1-2H3,(H2,16,17,19). The number of amides is 2. The van der Waals surface area contributed by atoms with Gasteiger partial charge in [-0.3, -0.25) is 0 Å². The first-order chi connectivity index (χ1) is 10.3. The number of nitrogens with one attached hydrogen (secondary N) is 2. The van der Waals surface area contributed by atoms with Crippen molar-refractivity contribution in [3.05, 3.63) is 28.8 Å². The van der Waals surface area contributed by atoms with E-state index in [0.717, 1.165) is 18.4 Å². The molecule has 1 unspecified atom stereocenters. The predicted octanol–water partition coefficient (Wildman–Crippen LogP) is 2.19. The first-order valence-corrected chi connectivity index (χ1v) is 9.28. The fourth-order valence-electron chi connectivity index (χ4n) is 2.45. The summed E-state index contributed by atoms with van der Waals surface area (Å²) in [6.07, 6.45) is 2.67. The zero-order valence-corrected chi connectivity index (χ0v) is 14.2. The molecule has 1 aromatic carbocycles. The van der Waals surface area contributed by atoms with Crippen LogP contribution in [0.4, 0.5) is 10.5 Å². The fourth-order valence-corrected chi connectivity index (χ4v) is 3.53. The quantitative estimate of drug-likeness (QED) is 0.881. The minimum atomic E-state index is -3.22. The molecule has 0 saturated carbocycles. The Bertz CT molecular complexity index is 663. The molecule has 0 aliphatic carbocycles. The number of rotatable bonds is 3. The van der Waals surface area contributed by atoms with Gasteiger partial charge in [-0.25, -0.2) is 17.5 Å². The highest BCUT2D eigenvalue weighted by Crippen LogP contribution is 2.23. The molecule has 0 aromatic heterocycles. The summed E-state index contributed by atoms with van der Waals surface area (Å²) >= 11 is 6.01. The fraction of sp³-hybridized carbons (Fsp3) is 0.500. The van der Waals surface area contributed by atoms with E-state index in [4.69, 9.17) is 11.6 Å². The van der Waals surface area contributed by atoms with Crippen LogP contribution >= 0.6 is 11.6 Å². The lowest BCUT2D eigenvalue weighted by atomic mass is 10.1. The first kappa shape index (κ1) is 17.1. The molecule has 1 aliphatic rings. The van der Waals surface area contributed by atoms with Gasteiger partial charge in [0.25, 0.3) is 0 Å². The highest BCUT2D eigenvalue weighted by Gasteiger charge is 2.26. The van der Waals surface area contributed by atoms with Gasteiger partial charge < -0.3 is 10.6 Å². The minimum absolute atomic E-state index is 0.192. The van der Waals surface area contributed by atoms with Gasteiger partial charge in [0, 0.05) is 29.8 Å². The number of urea groups is 1. The molecular weight excluding hydrogens is 326 g/mol. The Hall–Kier alpha value is -1.31. The SMILES string of the molecule is Cc1c(Cl)cccc1NC(=O)NC1CCCN(S(C)(=O)=O)C1. The average molecular weight is 346 g/mol. The Labute approximate surface area is 135 Å². The monoisotopic (exact) mass is 345 g/mol. The molecule has 1 heterocycles. The number of halogens is 1. The predicted molar refractivity (Wildman–Crippen MR) is 87.8 cm³/mol. The molecule has 122 valence electrons. The van der Waals surface area contributed by atoms with Crippen molar-refractivity contribution in [1.29, 1.82) is 0 Å². The van der Waals surface area contributed by atoms with Crippen LogP contribution in [0.3, 0.4) is 0 Å². The van der Waals surface area contributed by atoms with Crippen molar-refractivity contribution in [3.8, 4) is 0 Å². The van der Waals surface area contributed by atoms with Gasteiger partial charge in [0.2, 0.25) is 10.0 Å². The number of nitrogens with zero attached hydrogens (tertiary/aromatic N) is 1. The number of piperidine rings is 1. The Kier molecular flexibility index (Phi) is 5.31. The number of benzene rings is 1. The Morgan fingerprint density at radius 3 is 2.82 bits per heavy atom. The summed E-state index contributed by atoms with van der Waals surface area (Å²) in [5.74, 6) is 0. The van der Waals surface area contributed by atoms with Crippen LogP contribution in [-0.2, 0) is 10.0 Å². The molecule has 1 fully saturated rings. The summed E-state index contributed by atoms with van der Waals surface area (Å²) in [6, 6.07) is 4.74. The largest absolute Gasteiger partial charge is 0.334 e. The molecule has 2 N–H and O–H groups in total. The van der Waals surface area contributed by atoms with Gasteiger partial charge in [0.1, 0.15) is 0 Å². The molecule has 1 atom stereocenters. The third-order valence-electron chi connectivity index (χ3n) is 3.70. The summed E-state index contributed by atoms with van der Waals surface area (Å²) in [5, 5.41) is 6.15. The number of carbonyl (C=O) groups excluding carboxylic acids is 1. The maximum absolute atomic E-state index is 12.1. The smallest absolute Gasteiger partial charge is 0.319 e. The molecule has 1 aliphatic heterocycles. The number of anilines is 1. The minimum Gasteiger partial charge on any atom is -0.334 e. The molecular formula is C14H20ClN3O3S. The van der Waals surface area contributed by atoms with Crippen molar-refractivity contribution in [3.63, 3.8) is 0 Å². The molecule has 1 saturated heterocycles. The van der Waals surface area contributed by atoms with Crippen LogP contribution in [-0.4, -0.2) is 44.1 Å². The molecule has 22 heavy (non-hydrogen) atoms. The van der Waals surface area contributed by atoms with Crippen LogP contribution in [0.1, 0.15) is 18.4 Å². The van der Waals surface area contributed by atoms with Crippen LogP contribution in [0, 0.1) is 6.92 Å². The first-order valence-electron chi connectivity index (χ1n) is 7.05. The van der Waals surface area contributed by atoms with Crippen LogP contribution in [0.5, 0.6) is 0 Å². The highest BCUT2D eigenvalue weighted by atomic mass is 35.5. The van der Waals surface area contributed by atoms with E-state index in [1.54, 1.807) is 18.2 Å². The zero-order chi connectivity index (χ0) is 16.3. The summed E-state index contributed by atoms with van der Waals surface area (Å²) < 4.78 is 24.5.